The first-order valence-electron chi connectivity index (χ1n) is 13.7. The Balaban J connectivity index is 1.58. The lowest BCUT2D eigenvalue weighted by Gasteiger charge is -2.28. The number of aromatic nitrogens is 3. The minimum atomic E-state index is -2.20. The Hall–Kier alpha value is -4.50. The molecular formula is C36H27N3PS+. The summed E-state index contributed by atoms with van der Waals surface area (Å²) in [6.45, 7) is 0. The summed E-state index contributed by atoms with van der Waals surface area (Å²) in [6, 6.07) is 53.9. The molecular weight excluding hydrogens is 537 g/mol. The standard InChI is InChI=1S/C36H27N3PS/c1-6-16-27(17-7-1)33-32(37-34(28-18-8-2-9-19-28)36-35(33)38-41-39-36)26-40(29-20-10-3-11-21-29,30-22-12-4-13-23-30)31-24-14-5-15-25-31/h1-25H,26H2/q+1. The van der Waals surface area contributed by atoms with Gasteiger partial charge < -0.3 is 0 Å². The van der Waals surface area contributed by atoms with E-state index in [0.717, 1.165) is 45.3 Å². The van der Waals surface area contributed by atoms with Gasteiger partial charge in [-0.3, -0.25) is 0 Å². The molecule has 5 heteroatoms. The van der Waals surface area contributed by atoms with Gasteiger partial charge in [-0.05, 0) is 42.0 Å². The summed E-state index contributed by atoms with van der Waals surface area (Å²) in [5.41, 5.74) is 6.93. The number of nitrogens with zero attached hydrogens (tertiary/aromatic N) is 3. The molecule has 0 amide bonds. The maximum absolute atomic E-state index is 5.51. The van der Waals surface area contributed by atoms with E-state index in [-0.39, 0.29) is 0 Å². The fraction of sp³-hybridized carbons (Fsp3) is 0.0278. The van der Waals surface area contributed by atoms with Crippen molar-refractivity contribution in [2.24, 2.45) is 0 Å². The molecule has 0 saturated heterocycles. The van der Waals surface area contributed by atoms with E-state index in [4.69, 9.17) is 13.7 Å². The molecule has 0 N–H and O–H groups in total. The first-order valence-corrected chi connectivity index (χ1v) is 16.4. The average molecular weight is 565 g/mol. The van der Waals surface area contributed by atoms with Crippen LogP contribution in [0.3, 0.4) is 0 Å². The largest absolute Gasteiger partial charge is 0.246 e. The third kappa shape index (κ3) is 4.66. The fourth-order valence-corrected chi connectivity index (χ4v) is 10.4. The predicted octanol–water partition coefficient (Wildman–Crippen LogP) is 7.91. The van der Waals surface area contributed by atoms with Crippen molar-refractivity contribution in [3.8, 4) is 22.4 Å². The summed E-state index contributed by atoms with van der Waals surface area (Å²) in [4.78, 5) is 5.51. The fourth-order valence-electron chi connectivity index (χ4n) is 5.70. The second-order valence-corrected chi connectivity index (χ2v) is 14.0. The van der Waals surface area contributed by atoms with Crippen LogP contribution in [0.25, 0.3) is 33.4 Å². The molecule has 0 saturated carbocycles. The highest BCUT2D eigenvalue weighted by atomic mass is 32.1. The van der Waals surface area contributed by atoms with Crippen LogP contribution in [-0.4, -0.2) is 13.7 Å². The molecule has 0 unspecified atom stereocenters. The van der Waals surface area contributed by atoms with Crippen LogP contribution in [0.15, 0.2) is 152 Å². The van der Waals surface area contributed by atoms with Crippen molar-refractivity contribution in [1.82, 2.24) is 13.7 Å². The third-order valence-electron chi connectivity index (χ3n) is 7.57. The molecule has 0 fully saturated rings. The van der Waals surface area contributed by atoms with Gasteiger partial charge in [-0.1, -0.05) is 115 Å². The molecule has 2 aromatic heterocycles. The Morgan fingerprint density at radius 1 is 0.463 bits per heavy atom. The van der Waals surface area contributed by atoms with Gasteiger partial charge in [0.2, 0.25) is 0 Å². The van der Waals surface area contributed by atoms with Gasteiger partial charge in [0, 0.05) is 11.1 Å². The van der Waals surface area contributed by atoms with Crippen molar-refractivity contribution in [3.05, 3.63) is 157 Å². The van der Waals surface area contributed by atoms with Crippen LogP contribution in [0, 0.1) is 0 Å². The van der Waals surface area contributed by atoms with Crippen molar-refractivity contribution in [2.45, 2.75) is 6.16 Å². The Labute approximate surface area is 244 Å². The molecule has 0 spiro atoms. The molecule has 0 atom stereocenters. The second kappa shape index (κ2) is 11.2. The highest BCUT2D eigenvalue weighted by Gasteiger charge is 2.46. The maximum Gasteiger partial charge on any atom is 0.131 e. The van der Waals surface area contributed by atoms with Crippen molar-refractivity contribution in [2.75, 3.05) is 0 Å². The van der Waals surface area contributed by atoms with Crippen LogP contribution in [0.5, 0.6) is 0 Å². The number of pyridine rings is 1. The summed E-state index contributed by atoms with van der Waals surface area (Å²) in [5, 5.41) is 3.99. The predicted molar refractivity (Wildman–Crippen MR) is 175 cm³/mol. The van der Waals surface area contributed by atoms with Crippen LogP contribution >= 0.6 is 19.0 Å². The van der Waals surface area contributed by atoms with Crippen LogP contribution in [0.2, 0.25) is 0 Å². The SMILES string of the molecule is c1ccc(-c2nc(C[P+](c3ccccc3)(c3ccccc3)c3ccccc3)c(-c3ccccc3)c3nsnc23)cc1. The number of rotatable bonds is 7. The minimum absolute atomic E-state index is 0.753. The van der Waals surface area contributed by atoms with E-state index in [1.165, 1.54) is 27.6 Å². The van der Waals surface area contributed by atoms with Crippen molar-refractivity contribution < 1.29 is 0 Å². The molecule has 3 nitrogen and oxygen atoms in total. The number of benzene rings is 5. The van der Waals surface area contributed by atoms with Crippen molar-refractivity contribution in [3.63, 3.8) is 0 Å². The Morgan fingerprint density at radius 3 is 1.37 bits per heavy atom. The van der Waals surface area contributed by atoms with Crippen LogP contribution < -0.4 is 15.9 Å². The summed E-state index contributed by atoms with van der Waals surface area (Å²) in [5.74, 6) is 0. The zero-order valence-corrected chi connectivity index (χ0v) is 24.0. The molecule has 0 aliphatic rings. The van der Waals surface area contributed by atoms with E-state index in [0.29, 0.717) is 0 Å². The highest BCUT2D eigenvalue weighted by molar-refractivity contribution is 7.95. The van der Waals surface area contributed by atoms with Gasteiger partial charge in [0.15, 0.2) is 0 Å². The number of fused-ring (bicyclic) bond motifs is 1. The molecule has 196 valence electrons. The van der Waals surface area contributed by atoms with Crippen molar-refractivity contribution >= 4 is 45.9 Å². The van der Waals surface area contributed by atoms with Gasteiger partial charge in [0.1, 0.15) is 40.4 Å². The maximum atomic E-state index is 5.51. The lowest BCUT2D eigenvalue weighted by molar-refractivity contribution is 1.19. The van der Waals surface area contributed by atoms with E-state index in [2.05, 4.69) is 146 Å². The van der Waals surface area contributed by atoms with Gasteiger partial charge >= 0.3 is 0 Å². The topological polar surface area (TPSA) is 38.7 Å². The smallest absolute Gasteiger partial charge is 0.131 e. The second-order valence-electron chi connectivity index (χ2n) is 9.95. The first-order chi connectivity index (χ1) is 20.3. The lowest BCUT2D eigenvalue weighted by atomic mass is 10.0. The third-order valence-corrected chi connectivity index (χ3v) is 12.4. The lowest BCUT2D eigenvalue weighted by Crippen LogP contribution is -2.32. The van der Waals surface area contributed by atoms with E-state index in [1.807, 2.05) is 6.07 Å². The van der Waals surface area contributed by atoms with E-state index >= 15 is 0 Å². The normalized spacial score (nSPS) is 11.5. The highest BCUT2D eigenvalue weighted by Crippen LogP contribution is 2.59. The molecule has 0 bridgehead atoms. The molecule has 7 rings (SSSR count). The van der Waals surface area contributed by atoms with Crippen molar-refractivity contribution in [1.29, 1.82) is 0 Å². The zero-order valence-electron chi connectivity index (χ0n) is 22.3. The molecule has 0 radical (unpaired) electrons. The average Bonchev–Trinajstić information content (AvgIpc) is 3.55. The Kier molecular flexibility index (Phi) is 6.94. The van der Waals surface area contributed by atoms with E-state index in [1.54, 1.807) is 0 Å². The number of hydrogen-bond donors (Lipinski definition) is 0. The van der Waals surface area contributed by atoms with Crippen LogP contribution in [-0.2, 0) is 6.16 Å². The summed E-state index contributed by atoms with van der Waals surface area (Å²) in [7, 11) is -2.20. The molecule has 41 heavy (non-hydrogen) atoms. The Bertz CT molecular complexity index is 1800. The Morgan fingerprint density at radius 2 is 0.878 bits per heavy atom. The molecule has 2 heterocycles. The van der Waals surface area contributed by atoms with E-state index < -0.39 is 7.26 Å². The quantitative estimate of drug-likeness (QED) is 0.185. The zero-order chi connectivity index (χ0) is 27.5. The number of hydrogen-bond acceptors (Lipinski definition) is 4. The molecule has 0 aliphatic carbocycles. The van der Waals surface area contributed by atoms with E-state index in [9.17, 15) is 0 Å². The monoisotopic (exact) mass is 564 g/mol. The van der Waals surface area contributed by atoms with Gasteiger partial charge in [-0.15, -0.1) is 0 Å². The van der Waals surface area contributed by atoms with Gasteiger partial charge in [-0.2, -0.15) is 8.75 Å². The summed E-state index contributed by atoms with van der Waals surface area (Å²) in [6.07, 6.45) is 0.753. The minimum Gasteiger partial charge on any atom is -0.246 e. The van der Waals surface area contributed by atoms with Gasteiger partial charge in [-0.25, -0.2) is 4.98 Å². The van der Waals surface area contributed by atoms with Gasteiger partial charge in [0.25, 0.3) is 0 Å². The first kappa shape index (κ1) is 25.5. The molecule has 0 aliphatic heterocycles. The van der Waals surface area contributed by atoms with Crippen LogP contribution in [0.4, 0.5) is 0 Å². The summed E-state index contributed by atoms with van der Waals surface area (Å²) >= 11 is 1.26. The van der Waals surface area contributed by atoms with Gasteiger partial charge in [0.05, 0.1) is 23.1 Å². The van der Waals surface area contributed by atoms with Crippen LogP contribution in [0.1, 0.15) is 5.69 Å². The molecule has 7 aromatic rings. The summed E-state index contributed by atoms with van der Waals surface area (Å²) < 4.78 is 9.66. The molecule has 5 aromatic carbocycles.